The number of rotatable bonds is 4. The molecule has 0 saturated heterocycles. The first-order chi connectivity index (χ1) is 8.40. The number of carbonyl (C=O) groups is 1. The van der Waals surface area contributed by atoms with E-state index in [-0.39, 0.29) is 5.91 Å². The quantitative estimate of drug-likeness (QED) is 0.872. The molecule has 98 valence electrons. The molecule has 1 aromatic carbocycles. The van der Waals surface area contributed by atoms with E-state index in [4.69, 9.17) is 22.1 Å². The van der Waals surface area contributed by atoms with E-state index in [9.17, 15) is 4.79 Å². The number of nitrogens with one attached hydrogen (secondary N) is 1. The van der Waals surface area contributed by atoms with Gasteiger partial charge in [0.1, 0.15) is 5.75 Å². The zero-order valence-corrected chi connectivity index (χ0v) is 11.3. The Balaban J connectivity index is 2.18. The minimum atomic E-state index is -0.756. The average Bonchev–Trinajstić information content (AvgIpc) is 2.73. The van der Waals surface area contributed by atoms with E-state index >= 15 is 0 Å². The van der Waals surface area contributed by atoms with E-state index in [0.29, 0.717) is 18.2 Å². The molecular weight excluding hydrogens is 252 g/mol. The Morgan fingerprint density at radius 3 is 2.94 bits per heavy atom. The van der Waals surface area contributed by atoms with Crippen molar-refractivity contribution in [1.29, 1.82) is 0 Å². The smallest absolute Gasteiger partial charge is 0.237 e. The number of nitrogens with two attached hydrogens (primary N) is 1. The molecule has 0 bridgehead atoms. The average molecular weight is 269 g/mol. The number of ether oxygens (including phenoxy) is 1. The van der Waals surface area contributed by atoms with Crippen molar-refractivity contribution < 1.29 is 9.53 Å². The van der Waals surface area contributed by atoms with E-state index < -0.39 is 5.54 Å². The Morgan fingerprint density at radius 1 is 1.56 bits per heavy atom. The highest BCUT2D eigenvalue weighted by atomic mass is 35.5. The van der Waals surface area contributed by atoms with Crippen LogP contribution in [0.2, 0.25) is 5.02 Å². The van der Waals surface area contributed by atoms with Crippen molar-refractivity contribution in [2.45, 2.75) is 32.4 Å². The van der Waals surface area contributed by atoms with Crippen LogP contribution in [0.3, 0.4) is 0 Å². The first-order valence-electron chi connectivity index (χ1n) is 5.89. The fourth-order valence-corrected chi connectivity index (χ4v) is 2.14. The van der Waals surface area contributed by atoms with Crippen LogP contribution in [0.15, 0.2) is 12.1 Å². The molecule has 0 unspecified atom stereocenters. The van der Waals surface area contributed by atoms with E-state index in [1.54, 1.807) is 13.8 Å². The highest BCUT2D eigenvalue weighted by Gasteiger charge is 2.25. The lowest BCUT2D eigenvalue weighted by molar-refractivity contribution is -0.123. The molecule has 1 aliphatic rings. The highest BCUT2D eigenvalue weighted by molar-refractivity contribution is 6.30. The molecule has 3 N–H and O–H groups in total. The van der Waals surface area contributed by atoms with Crippen LogP contribution >= 0.6 is 11.6 Å². The second-order valence-electron chi connectivity index (χ2n) is 4.99. The number of benzene rings is 1. The van der Waals surface area contributed by atoms with Crippen molar-refractivity contribution in [2.75, 3.05) is 6.61 Å². The van der Waals surface area contributed by atoms with Gasteiger partial charge in [-0.05, 0) is 31.5 Å². The fraction of sp³-hybridized carbons (Fsp3) is 0.462. The van der Waals surface area contributed by atoms with Gasteiger partial charge in [-0.3, -0.25) is 10.1 Å². The van der Waals surface area contributed by atoms with E-state index in [1.807, 2.05) is 12.1 Å². The van der Waals surface area contributed by atoms with Gasteiger partial charge in [-0.25, -0.2) is 0 Å². The van der Waals surface area contributed by atoms with Crippen molar-refractivity contribution in [2.24, 2.45) is 5.73 Å². The van der Waals surface area contributed by atoms with Crippen molar-refractivity contribution in [1.82, 2.24) is 5.32 Å². The van der Waals surface area contributed by atoms with Crippen LogP contribution in [0.1, 0.15) is 25.0 Å². The number of primary amides is 1. The summed E-state index contributed by atoms with van der Waals surface area (Å²) in [5.41, 5.74) is 6.65. The van der Waals surface area contributed by atoms with Crippen LogP contribution < -0.4 is 15.8 Å². The summed E-state index contributed by atoms with van der Waals surface area (Å²) in [4.78, 5) is 11.2. The second-order valence-corrected chi connectivity index (χ2v) is 5.43. The monoisotopic (exact) mass is 268 g/mol. The maximum atomic E-state index is 11.2. The normalized spacial score (nSPS) is 14.2. The molecule has 0 radical (unpaired) electrons. The summed E-state index contributed by atoms with van der Waals surface area (Å²) in [5.74, 6) is 0.495. The van der Waals surface area contributed by atoms with Gasteiger partial charge >= 0.3 is 0 Å². The minimum absolute atomic E-state index is 0.387. The Bertz CT molecular complexity index is 486. The van der Waals surface area contributed by atoms with Crippen molar-refractivity contribution in [3.05, 3.63) is 28.3 Å². The molecule has 0 spiro atoms. The number of hydrogen-bond donors (Lipinski definition) is 2. The van der Waals surface area contributed by atoms with Gasteiger partial charge in [0.25, 0.3) is 0 Å². The molecule has 4 nitrogen and oxygen atoms in total. The molecule has 18 heavy (non-hydrogen) atoms. The largest absolute Gasteiger partial charge is 0.493 e. The van der Waals surface area contributed by atoms with E-state index in [0.717, 1.165) is 23.3 Å². The zero-order chi connectivity index (χ0) is 13.3. The van der Waals surface area contributed by atoms with E-state index in [1.165, 1.54) is 0 Å². The summed E-state index contributed by atoms with van der Waals surface area (Å²) < 4.78 is 5.60. The first kappa shape index (κ1) is 13.2. The molecule has 5 heteroatoms. The summed E-state index contributed by atoms with van der Waals surface area (Å²) >= 11 is 6.07. The number of carbonyl (C=O) groups excluding carboxylic acids is 1. The third kappa shape index (κ3) is 2.60. The molecule has 1 aliphatic heterocycles. The molecule has 0 aromatic heterocycles. The van der Waals surface area contributed by atoms with Crippen molar-refractivity contribution >= 4 is 17.5 Å². The number of hydrogen-bond acceptors (Lipinski definition) is 3. The van der Waals surface area contributed by atoms with Gasteiger partial charge in [-0.1, -0.05) is 11.6 Å². The summed E-state index contributed by atoms with van der Waals surface area (Å²) in [5, 5.41) is 3.81. The van der Waals surface area contributed by atoms with Gasteiger partial charge < -0.3 is 10.5 Å². The van der Waals surface area contributed by atoms with Crippen LogP contribution in [0.4, 0.5) is 0 Å². The molecule has 0 fully saturated rings. The van der Waals surface area contributed by atoms with Gasteiger partial charge in [0.15, 0.2) is 0 Å². The topological polar surface area (TPSA) is 64.3 Å². The Labute approximate surface area is 111 Å². The molecule has 0 saturated carbocycles. The number of amides is 1. The first-order valence-corrected chi connectivity index (χ1v) is 6.27. The van der Waals surface area contributed by atoms with Crippen LogP contribution in [0, 0.1) is 0 Å². The summed E-state index contributed by atoms with van der Waals surface area (Å²) in [6, 6.07) is 3.78. The zero-order valence-electron chi connectivity index (χ0n) is 10.5. The molecule has 1 amide bonds. The molecule has 2 rings (SSSR count). The van der Waals surface area contributed by atoms with Crippen LogP contribution in [0.5, 0.6) is 5.75 Å². The molecule has 1 heterocycles. The van der Waals surface area contributed by atoms with Crippen LogP contribution in [0.25, 0.3) is 0 Å². The Morgan fingerprint density at radius 2 is 2.28 bits per heavy atom. The lowest BCUT2D eigenvalue weighted by atomic mass is 10.0. The standard InChI is InChI=1S/C13H17ClN2O2/c1-13(2,12(15)17)16-7-9-6-10(14)5-8-3-4-18-11(8)9/h5-6,16H,3-4,7H2,1-2H3,(H2,15,17). The van der Waals surface area contributed by atoms with Gasteiger partial charge in [0.2, 0.25) is 5.91 Å². The third-order valence-electron chi connectivity index (χ3n) is 3.16. The van der Waals surface area contributed by atoms with Gasteiger partial charge in [-0.15, -0.1) is 0 Å². The third-order valence-corrected chi connectivity index (χ3v) is 3.38. The Kier molecular flexibility index (Phi) is 3.50. The lowest BCUT2D eigenvalue weighted by Gasteiger charge is -2.23. The Hall–Kier alpha value is -1.26. The summed E-state index contributed by atoms with van der Waals surface area (Å²) in [7, 11) is 0. The summed E-state index contributed by atoms with van der Waals surface area (Å²) in [6.45, 7) is 4.68. The second kappa shape index (κ2) is 4.78. The van der Waals surface area contributed by atoms with Gasteiger partial charge in [-0.2, -0.15) is 0 Å². The lowest BCUT2D eigenvalue weighted by Crippen LogP contribution is -2.50. The predicted molar refractivity (Wildman–Crippen MR) is 70.8 cm³/mol. The predicted octanol–water partition coefficient (Wildman–Crippen LogP) is 1.63. The van der Waals surface area contributed by atoms with Gasteiger partial charge in [0.05, 0.1) is 12.1 Å². The number of halogens is 1. The number of fused-ring (bicyclic) bond motifs is 1. The molecule has 0 atom stereocenters. The maximum absolute atomic E-state index is 11.2. The van der Waals surface area contributed by atoms with Gasteiger partial charge in [0, 0.05) is 23.6 Å². The van der Waals surface area contributed by atoms with E-state index in [2.05, 4.69) is 5.32 Å². The highest BCUT2D eigenvalue weighted by Crippen LogP contribution is 2.32. The fourth-order valence-electron chi connectivity index (χ4n) is 1.88. The molecule has 0 aliphatic carbocycles. The van der Waals surface area contributed by atoms with Crippen LogP contribution in [-0.4, -0.2) is 18.1 Å². The minimum Gasteiger partial charge on any atom is -0.493 e. The SMILES string of the molecule is CC(C)(NCc1cc(Cl)cc2c1OCC2)C(N)=O. The maximum Gasteiger partial charge on any atom is 0.237 e. The van der Waals surface area contributed by atoms with Crippen molar-refractivity contribution in [3.63, 3.8) is 0 Å². The molecular formula is C13H17ClN2O2. The van der Waals surface area contributed by atoms with Crippen molar-refractivity contribution in [3.8, 4) is 5.75 Å². The van der Waals surface area contributed by atoms with Crippen LogP contribution in [-0.2, 0) is 17.8 Å². The summed E-state index contributed by atoms with van der Waals surface area (Å²) in [6.07, 6.45) is 0.877. The molecule has 1 aromatic rings.